The van der Waals surface area contributed by atoms with Crippen LogP contribution in [0.4, 0.5) is 14.5 Å². The fourth-order valence-corrected chi connectivity index (χ4v) is 2.45. The first-order valence-corrected chi connectivity index (χ1v) is 7.39. The van der Waals surface area contributed by atoms with Crippen LogP contribution in [-0.4, -0.2) is 10.9 Å². The van der Waals surface area contributed by atoms with Crippen LogP contribution in [0.1, 0.15) is 10.4 Å². The number of nitrogens with one attached hydrogen (secondary N) is 1. The number of benzene rings is 2. The van der Waals surface area contributed by atoms with E-state index in [9.17, 15) is 13.6 Å². The van der Waals surface area contributed by atoms with Crippen LogP contribution in [0.3, 0.4) is 0 Å². The molecule has 1 N–H and O–H groups in total. The standard InChI is InChI=1S/C18H11ClF2N2O/c19-14-8-9-22-10-13(14)11-4-6-12(7-5-11)23-18(24)17-15(20)2-1-3-16(17)21/h1-10H,(H,23,24). The number of pyridine rings is 1. The van der Waals surface area contributed by atoms with Crippen LogP contribution in [-0.2, 0) is 0 Å². The second-order valence-electron chi connectivity index (χ2n) is 4.98. The van der Waals surface area contributed by atoms with Crippen molar-refractivity contribution in [2.45, 2.75) is 0 Å². The monoisotopic (exact) mass is 344 g/mol. The van der Waals surface area contributed by atoms with E-state index in [0.29, 0.717) is 10.7 Å². The van der Waals surface area contributed by atoms with E-state index in [1.165, 1.54) is 6.07 Å². The molecule has 0 saturated heterocycles. The topological polar surface area (TPSA) is 42.0 Å². The molecule has 0 atom stereocenters. The number of carbonyl (C=O) groups excluding carboxylic acids is 1. The number of aromatic nitrogens is 1. The second-order valence-corrected chi connectivity index (χ2v) is 5.39. The molecular formula is C18H11ClF2N2O. The molecule has 0 bridgehead atoms. The predicted octanol–water partition coefficient (Wildman–Crippen LogP) is 4.93. The number of hydrogen-bond acceptors (Lipinski definition) is 2. The summed E-state index contributed by atoms with van der Waals surface area (Å²) in [6.07, 6.45) is 3.22. The zero-order valence-corrected chi connectivity index (χ0v) is 13.0. The summed E-state index contributed by atoms with van der Waals surface area (Å²) in [5.41, 5.74) is 1.35. The van der Waals surface area contributed by atoms with Gasteiger partial charge in [-0.05, 0) is 35.9 Å². The molecule has 120 valence electrons. The van der Waals surface area contributed by atoms with Gasteiger partial charge in [-0.1, -0.05) is 29.8 Å². The molecule has 2 aromatic carbocycles. The van der Waals surface area contributed by atoms with Gasteiger partial charge < -0.3 is 5.32 Å². The molecule has 6 heteroatoms. The largest absolute Gasteiger partial charge is 0.322 e. The summed E-state index contributed by atoms with van der Waals surface area (Å²) in [5, 5.41) is 3.02. The highest BCUT2D eigenvalue weighted by Crippen LogP contribution is 2.27. The van der Waals surface area contributed by atoms with Gasteiger partial charge >= 0.3 is 0 Å². The maximum atomic E-state index is 13.6. The molecule has 1 amide bonds. The fraction of sp³-hybridized carbons (Fsp3) is 0. The van der Waals surface area contributed by atoms with Crippen molar-refractivity contribution in [1.29, 1.82) is 0 Å². The smallest absolute Gasteiger partial charge is 0.261 e. The van der Waals surface area contributed by atoms with Gasteiger partial charge in [-0.3, -0.25) is 9.78 Å². The molecule has 0 saturated carbocycles. The van der Waals surface area contributed by atoms with Gasteiger partial charge in [0, 0.05) is 23.6 Å². The Kier molecular flexibility index (Phi) is 4.53. The molecule has 24 heavy (non-hydrogen) atoms. The van der Waals surface area contributed by atoms with E-state index >= 15 is 0 Å². The van der Waals surface area contributed by atoms with Crippen molar-refractivity contribution >= 4 is 23.2 Å². The van der Waals surface area contributed by atoms with Gasteiger partial charge in [0.15, 0.2) is 0 Å². The molecular weight excluding hydrogens is 334 g/mol. The Hall–Kier alpha value is -2.79. The number of halogens is 3. The molecule has 3 rings (SSSR count). The molecule has 0 spiro atoms. The molecule has 0 aliphatic heterocycles. The van der Waals surface area contributed by atoms with Gasteiger partial charge in [-0.25, -0.2) is 8.78 Å². The van der Waals surface area contributed by atoms with E-state index in [-0.39, 0.29) is 0 Å². The van der Waals surface area contributed by atoms with Gasteiger partial charge in [0.05, 0.1) is 5.02 Å². The summed E-state index contributed by atoms with van der Waals surface area (Å²) in [6, 6.07) is 11.6. The van der Waals surface area contributed by atoms with E-state index < -0.39 is 23.1 Å². The third-order valence-corrected chi connectivity index (χ3v) is 3.74. The van der Waals surface area contributed by atoms with E-state index in [0.717, 1.165) is 23.3 Å². The zero-order chi connectivity index (χ0) is 17.1. The lowest BCUT2D eigenvalue weighted by molar-refractivity contribution is 0.101. The highest BCUT2D eigenvalue weighted by molar-refractivity contribution is 6.33. The number of anilines is 1. The minimum absolute atomic E-state index is 0.409. The summed E-state index contributed by atoms with van der Waals surface area (Å²) < 4.78 is 27.2. The van der Waals surface area contributed by atoms with Crippen molar-refractivity contribution in [2.75, 3.05) is 5.32 Å². The molecule has 3 aromatic rings. The number of nitrogens with zero attached hydrogens (tertiary/aromatic N) is 1. The first kappa shape index (κ1) is 16.1. The number of hydrogen-bond donors (Lipinski definition) is 1. The van der Waals surface area contributed by atoms with Crippen LogP contribution in [0.15, 0.2) is 60.9 Å². The van der Waals surface area contributed by atoms with Gasteiger partial charge in [0.25, 0.3) is 5.91 Å². The third-order valence-electron chi connectivity index (χ3n) is 3.41. The lowest BCUT2D eigenvalue weighted by Crippen LogP contribution is -2.15. The van der Waals surface area contributed by atoms with Crippen molar-refractivity contribution in [1.82, 2.24) is 4.98 Å². The van der Waals surface area contributed by atoms with Crippen molar-refractivity contribution < 1.29 is 13.6 Å². The molecule has 0 unspecified atom stereocenters. The average Bonchev–Trinajstić information content (AvgIpc) is 2.56. The maximum absolute atomic E-state index is 13.6. The number of carbonyl (C=O) groups is 1. The Morgan fingerprint density at radius 2 is 1.67 bits per heavy atom. The summed E-state index contributed by atoms with van der Waals surface area (Å²) >= 11 is 6.10. The highest BCUT2D eigenvalue weighted by Gasteiger charge is 2.17. The van der Waals surface area contributed by atoms with Crippen molar-refractivity contribution in [3.8, 4) is 11.1 Å². The van der Waals surface area contributed by atoms with Crippen molar-refractivity contribution in [3.05, 3.63) is 83.1 Å². The summed E-state index contributed by atoms with van der Waals surface area (Å²) in [4.78, 5) is 16.1. The van der Waals surface area contributed by atoms with E-state index in [4.69, 9.17) is 11.6 Å². The maximum Gasteiger partial charge on any atom is 0.261 e. The summed E-state index contributed by atoms with van der Waals surface area (Å²) in [5.74, 6) is -2.67. The zero-order valence-electron chi connectivity index (χ0n) is 12.3. The molecule has 1 heterocycles. The SMILES string of the molecule is O=C(Nc1ccc(-c2cnccc2Cl)cc1)c1c(F)cccc1F. The lowest BCUT2D eigenvalue weighted by Gasteiger charge is -2.08. The normalized spacial score (nSPS) is 10.5. The summed E-state index contributed by atoms with van der Waals surface area (Å²) in [7, 11) is 0. The second kappa shape index (κ2) is 6.76. The minimum Gasteiger partial charge on any atom is -0.322 e. The Balaban J connectivity index is 1.82. The average molecular weight is 345 g/mol. The van der Waals surface area contributed by atoms with Gasteiger partial charge in [0.1, 0.15) is 17.2 Å². The van der Waals surface area contributed by atoms with Crippen molar-refractivity contribution in [3.63, 3.8) is 0 Å². The van der Waals surface area contributed by atoms with Gasteiger partial charge in [-0.2, -0.15) is 0 Å². The van der Waals surface area contributed by atoms with E-state index in [1.807, 2.05) is 0 Å². The lowest BCUT2D eigenvalue weighted by atomic mass is 10.1. The molecule has 0 aliphatic carbocycles. The fourth-order valence-electron chi connectivity index (χ4n) is 2.23. The van der Waals surface area contributed by atoms with Crippen LogP contribution in [0.2, 0.25) is 5.02 Å². The minimum atomic E-state index is -0.911. The number of amides is 1. The first-order chi connectivity index (χ1) is 11.6. The third kappa shape index (κ3) is 3.26. The first-order valence-electron chi connectivity index (χ1n) is 7.01. The van der Waals surface area contributed by atoms with Crippen LogP contribution in [0.5, 0.6) is 0 Å². The van der Waals surface area contributed by atoms with Crippen LogP contribution < -0.4 is 5.32 Å². The van der Waals surface area contributed by atoms with Crippen LogP contribution in [0, 0.1) is 11.6 Å². The molecule has 1 aromatic heterocycles. The molecule has 0 fully saturated rings. The van der Waals surface area contributed by atoms with E-state index in [1.54, 1.807) is 42.7 Å². The van der Waals surface area contributed by atoms with Crippen LogP contribution >= 0.6 is 11.6 Å². The van der Waals surface area contributed by atoms with Crippen LogP contribution in [0.25, 0.3) is 11.1 Å². The Morgan fingerprint density at radius 3 is 2.29 bits per heavy atom. The van der Waals surface area contributed by atoms with Crippen molar-refractivity contribution in [2.24, 2.45) is 0 Å². The Bertz CT molecular complexity index is 878. The molecule has 0 radical (unpaired) electrons. The quantitative estimate of drug-likeness (QED) is 0.731. The Morgan fingerprint density at radius 1 is 1.00 bits per heavy atom. The molecule has 0 aliphatic rings. The molecule has 3 nitrogen and oxygen atoms in total. The van der Waals surface area contributed by atoms with Gasteiger partial charge in [-0.15, -0.1) is 0 Å². The Labute approximate surface area is 141 Å². The van der Waals surface area contributed by atoms with E-state index in [2.05, 4.69) is 10.3 Å². The number of rotatable bonds is 3. The summed E-state index contributed by atoms with van der Waals surface area (Å²) in [6.45, 7) is 0. The highest BCUT2D eigenvalue weighted by atomic mass is 35.5. The predicted molar refractivity (Wildman–Crippen MR) is 89.0 cm³/mol. The van der Waals surface area contributed by atoms with Gasteiger partial charge in [0.2, 0.25) is 0 Å².